The number of hydrogen-bond donors (Lipinski definition) is 1. The van der Waals surface area contributed by atoms with E-state index in [9.17, 15) is 8.78 Å². The monoisotopic (exact) mass is 287 g/mol. The molecule has 4 heteroatoms. The largest absolute Gasteiger partial charge is 0.464 e. The number of furan rings is 1. The summed E-state index contributed by atoms with van der Waals surface area (Å²) in [5, 5.41) is 4.23. The van der Waals surface area contributed by atoms with Crippen LogP contribution in [0.5, 0.6) is 0 Å². The maximum absolute atomic E-state index is 13.3. The van der Waals surface area contributed by atoms with Crippen molar-refractivity contribution in [3.05, 3.63) is 71.5 Å². The first-order valence-corrected chi connectivity index (χ1v) is 6.76. The van der Waals surface area contributed by atoms with Gasteiger partial charge in [0.15, 0.2) is 11.6 Å². The molecule has 1 heterocycles. The van der Waals surface area contributed by atoms with Crippen molar-refractivity contribution in [2.45, 2.75) is 12.5 Å². The van der Waals surface area contributed by atoms with Crippen LogP contribution >= 0.6 is 0 Å². The zero-order valence-corrected chi connectivity index (χ0v) is 11.6. The van der Waals surface area contributed by atoms with E-state index in [0.717, 1.165) is 28.2 Å². The van der Waals surface area contributed by atoms with Gasteiger partial charge in [-0.3, -0.25) is 0 Å². The molecule has 3 aromatic rings. The van der Waals surface area contributed by atoms with E-state index in [1.807, 2.05) is 31.3 Å². The molecule has 0 spiro atoms. The number of fused-ring (bicyclic) bond motifs is 1. The van der Waals surface area contributed by atoms with Gasteiger partial charge in [0, 0.05) is 17.0 Å². The van der Waals surface area contributed by atoms with E-state index in [1.165, 1.54) is 6.07 Å². The Labute approximate surface area is 121 Å². The number of benzene rings is 2. The van der Waals surface area contributed by atoms with E-state index in [-0.39, 0.29) is 6.04 Å². The van der Waals surface area contributed by atoms with E-state index in [0.29, 0.717) is 6.42 Å². The van der Waals surface area contributed by atoms with Crippen LogP contribution in [-0.2, 0) is 6.42 Å². The third-order valence-corrected chi connectivity index (χ3v) is 3.66. The molecule has 0 aliphatic rings. The maximum Gasteiger partial charge on any atom is 0.159 e. The number of halogens is 2. The van der Waals surface area contributed by atoms with Crippen LogP contribution in [-0.4, -0.2) is 7.05 Å². The quantitative estimate of drug-likeness (QED) is 0.777. The Morgan fingerprint density at radius 1 is 1.10 bits per heavy atom. The van der Waals surface area contributed by atoms with Crippen molar-refractivity contribution in [2.75, 3.05) is 7.05 Å². The fourth-order valence-electron chi connectivity index (χ4n) is 2.54. The summed E-state index contributed by atoms with van der Waals surface area (Å²) in [7, 11) is 1.84. The van der Waals surface area contributed by atoms with E-state index in [1.54, 1.807) is 12.3 Å². The number of likely N-dealkylation sites (N-methyl/N-ethyl adjacent to an activating group) is 1. The van der Waals surface area contributed by atoms with Crippen molar-refractivity contribution in [3.63, 3.8) is 0 Å². The summed E-state index contributed by atoms with van der Waals surface area (Å²) < 4.78 is 31.8. The average Bonchev–Trinajstić information content (AvgIpc) is 2.92. The van der Waals surface area contributed by atoms with Crippen LogP contribution in [0.2, 0.25) is 0 Å². The minimum absolute atomic E-state index is 0.0292. The SMILES string of the molecule is CNC(Cc1ccc(F)c(F)c1)c1coc2ccccc12. The van der Waals surface area contributed by atoms with Gasteiger partial charge in [0.1, 0.15) is 5.58 Å². The number of hydrogen-bond acceptors (Lipinski definition) is 2. The lowest BCUT2D eigenvalue weighted by Crippen LogP contribution is -2.18. The number of para-hydroxylation sites is 1. The zero-order valence-electron chi connectivity index (χ0n) is 11.6. The highest BCUT2D eigenvalue weighted by Crippen LogP contribution is 2.28. The standard InChI is InChI=1S/C17H15F2NO/c1-20-16(9-11-6-7-14(18)15(19)8-11)13-10-21-17-5-3-2-4-12(13)17/h2-8,10,16,20H,9H2,1H3. The Bertz CT molecular complexity index is 766. The Morgan fingerprint density at radius 3 is 2.67 bits per heavy atom. The van der Waals surface area contributed by atoms with Gasteiger partial charge in [0.2, 0.25) is 0 Å². The lowest BCUT2D eigenvalue weighted by Gasteiger charge is -2.15. The molecule has 0 saturated carbocycles. The second kappa shape index (κ2) is 5.66. The fourth-order valence-corrected chi connectivity index (χ4v) is 2.54. The summed E-state index contributed by atoms with van der Waals surface area (Å²) in [5.74, 6) is -1.65. The predicted octanol–water partition coefficient (Wildman–Crippen LogP) is 4.21. The Hall–Kier alpha value is -2.20. The van der Waals surface area contributed by atoms with Gasteiger partial charge in [-0.1, -0.05) is 24.3 Å². The molecule has 1 unspecified atom stereocenters. The molecule has 1 atom stereocenters. The molecule has 0 radical (unpaired) electrons. The molecule has 21 heavy (non-hydrogen) atoms. The van der Waals surface area contributed by atoms with Crippen LogP contribution in [0.1, 0.15) is 17.2 Å². The Kier molecular flexibility index (Phi) is 3.71. The van der Waals surface area contributed by atoms with Gasteiger partial charge >= 0.3 is 0 Å². The van der Waals surface area contributed by atoms with Crippen LogP contribution in [0.25, 0.3) is 11.0 Å². The summed E-state index contributed by atoms with van der Waals surface area (Å²) in [6.07, 6.45) is 2.27. The molecule has 1 N–H and O–H groups in total. The van der Waals surface area contributed by atoms with Gasteiger partial charge in [0.05, 0.1) is 6.26 Å². The molecule has 108 valence electrons. The van der Waals surface area contributed by atoms with E-state index < -0.39 is 11.6 Å². The van der Waals surface area contributed by atoms with Crippen molar-refractivity contribution in [1.82, 2.24) is 5.32 Å². The third kappa shape index (κ3) is 2.67. The highest BCUT2D eigenvalue weighted by molar-refractivity contribution is 5.81. The highest BCUT2D eigenvalue weighted by Gasteiger charge is 2.16. The molecule has 2 aromatic carbocycles. The molecule has 1 aromatic heterocycles. The summed E-state index contributed by atoms with van der Waals surface area (Å²) in [4.78, 5) is 0. The van der Waals surface area contributed by atoms with Crippen LogP contribution < -0.4 is 5.32 Å². The van der Waals surface area contributed by atoms with Crippen LogP contribution in [0.3, 0.4) is 0 Å². The molecule has 0 bridgehead atoms. The fraction of sp³-hybridized carbons (Fsp3) is 0.176. The average molecular weight is 287 g/mol. The molecule has 2 nitrogen and oxygen atoms in total. The van der Waals surface area contributed by atoms with E-state index in [4.69, 9.17) is 4.42 Å². The second-order valence-electron chi connectivity index (χ2n) is 4.98. The molecule has 0 saturated heterocycles. The molecule has 0 fully saturated rings. The Morgan fingerprint density at radius 2 is 1.90 bits per heavy atom. The van der Waals surface area contributed by atoms with Crippen molar-refractivity contribution in [2.24, 2.45) is 0 Å². The third-order valence-electron chi connectivity index (χ3n) is 3.66. The minimum atomic E-state index is -0.825. The molecule has 3 rings (SSSR count). The molecule has 0 aliphatic heterocycles. The summed E-state index contributed by atoms with van der Waals surface area (Å²) in [6, 6.07) is 11.7. The van der Waals surface area contributed by atoms with Crippen LogP contribution in [0.4, 0.5) is 8.78 Å². The first-order valence-electron chi connectivity index (χ1n) is 6.76. The predicted molar refractivity (Wildman–Crippen MR) is 78.1 cm³/mol. The van der Waals surface area contributed by atoms with Gasteiger partial charge in [-0.05, 0) is 37.2 Å². The summed E-state index contributed by atoms with van der Waals surface area (Å²) in [5.41, 5.74) is 2.56. The highest BCUT2D eigenvalue weighted by atomic mass is 19.2. The summed E-state index contributed by atoms with van der Waals surface area (Å²) in [6.45, 7) is 0. The van der Waals surface area contributed by atoms with Gasteiger partial charge in [-0.2, -0.15) is 0 Å². The number of rotatable bonds is 4. The van der Waals surface area contributed by atoms with E-state index in [2.05, 4.69) is 5.32 Å². The van der Waals surface area contributed by atoms with Crippen molar-refractivity contribution in [1.29, 1.82) is 0 Å². The molecule has 0 aliphatic carbocycles. The van der Waals surface area contributed by atoms with Gasteiger partial charge in [0.25, 0.3) is 0 Å². The number of nitrogens with one attached hydrogen (secondary N) is 1. The van der Waals surface area contributed by atoms with Crippen molar-refractivity contribution in [3.8, 4) is 0 Å². The molecular weight excluding hydrogens is 272 g/mol. The molecule has 0 amide bonds. The topological polar surface area (TPSA) is 25.2 Å². The second-order valence-corrected chi connectivity index (χ2v) is 4.98. The lowest BCUT2D eigenvalue weighted by molar-refractivity contribution is 0.504. The first kappa shape index (κ1) is 13.8. The smallest absolute Gasteiger partial charge is 0.159 e. The summed E-state index contributed by atoms with van der Waals surface area (Å²) >= 11 is 0. The van der Waals surface area contributed by atoms with Crippen LogP contribution in [0.15, 0.2) is 53.1 Å². The van der Waals surface area contributed by atoms with Gasteiger partial charge in [-0.15, -0.1) is 0 Å². The van der Waals surface area contributed by atoms with E-state index >= 15 is 0 Å². The van der Waals surface area contributed by atoms with Gasteiger partial charge < -0.3 is 9.73 Å². The maximum atomic E-state index is 13.3. The van der Waals surface area contributed by atoms with Crippen molar-refractivity contribution < 1.29 is 13.2 Å². The minimum Gasteiger partial charge on any atom is -0.464 e. The normalized spacial score (nSPS) is 12.7. The van der Waals surface area contributed by atoms with Gasteiger partial charge in [-0.25, -0.2) is 8.78 Å². The Balaban J connectivity index is 1.93. The zero-order chi connectivity index (χ0) is 14.8. The molecular formula is C17H15F2NO. The van der Waals surface area contributed by atoms with Crippen LogP contribution in [0, 0.1) is 11.6 Å². The lowest BCUT2D eigenvalue weighted by atomic mass is 9.98. The van der Waals surface area contributed by atoms with Crippen molar-refractivity contribution >= 4 is 11.0 Å². The first-order chi connectivity index (χ1) is 10.2.